The quantitative estimate of drug-likeness (QED) is 0.698. The van der Waals surface area contributed by atoms with Crippen LogP contribution in [0.2, 0.25) is 5.02 Å². The van der Waals surface area contributed by atoms with Crippen molar-refractivity contribution in [2.75, 3.05) is 23.7 Å². The van der Waals surface area contributed by atoms with Crippen LogP contribution in [0.5, 0.6) is 0 Å². The summed E-state index contributed by atoms with van der Waals surface area (Å²) in [6, 6.07) is 6.05. The molecule has 0 bridgehead atoms. The van der Waals surface area contributed by atoms with Crippen LogP contribution in [0.15, 0.2) is 30.3 Å². The zero-order chi connectivity index (χ0) is 18.4. The molecule has 3 N–H and O–H groups in total. The van der Waals surface area contributed by atoms with Crippen molar-refractivity contribution in [2.45, 2.75) is 13.1 Å². The summed E-state index contributed by atoms with van der Waals surface area (Å²) in [5.74, 6) is 0.556. The van der Waals surface area contributed by atoms with Gasteiger partial charge in [-0.15, -0.1) is 5.10 Å². The van der Waals surface area contributed by atoms with Crippen molar-refractivity contribution in [3.05, 3.63) is 46.6 Å². The number of hydrogen-bond acceptors (Lipinski definition) is 4. The fourth-order valence-corrected chi connectivity index (χ4v) is 2.08. The van der Waals surface area contributed by atoms with Crippen LogP contribution in [0.4, 0.5) is 29.5 Å². The molecule has 1 heterocycles. The topological polar surface area (TPSA) is 78.9 Å². The minimum Gasteiger partial charge on any atom is -0.367 e. The van der Waals surface area contributed by atoms with Crippen molar-refractivity contribution in [1.82, 2.24) is 15.5 Å². The highest BCUT2D eigenvalue weighted by Crippen LogP contribution is 2.36. The van der Waals surface area contributed by atoms with Crippen molar-refractivity contribution in [1.29, 1.82) is 0 Å². The fraction of sp³-hybridized carbons (Fsp3) is 0.267. The predicted octanol–water partition coefficient (Wildman–Crippen LogP) is 3.69. The molecule has 6 nitrogen and oxygen atoms in total. The summed E-state index contributed by atoms with van der Waals surface area (Å²) in [5, 5.41) is 15.1. The first-order valence-corrected chi connectivity index (χ1v) is 7.59. The Hall–Kier alpha value is -2.55. The normalized spacial score (nSPS) is 11.1. The number of urea groups is 1. The number of amides is 2. The zero-order valence-electron chi connectivity index (χ0n) is 13.1. The summed E-state index contributed by atoms with van der Waals surface area (Å²) in [5.41, 5.74) is -0.234. The van der Waals surface area contributed by atoms with Crippen LogP contribution in [0.1, 0.15) is 11.3 Å². The number of halogens is 4. The van der Waals surface area contributed by atoms with E-state index in [4.69, 9.17) is 11.6 Å². The average molecular weight is 374 g/mol. The van der Waals surface area contributed by atoms with Gasteiger partial charge in [0.05, 0.1) is 16.3 Å². The monoisotopic (exact) mass is 373 g/mol. The molecule has 0 aliphatic heterocycles. The largest absolute Gasteiger partial charge is 0.417 e. The molecular weight excluding hydrogens is 359 g/mol. The number of anilines is 2. The van der Waals surface area contributed by atoms with Crippen LogP contribution in [-0.2, 0) is 6.18 Å². The van der Waals surface area contributed by atoms with Gasteiger partial charge in [-0.1, -0.05) is 11.6 Å². The third-order valence-electron chi connectivity index (χ3n) is 3.04. The molecule has 0 saturated carbocycles. The van der Waals surface area contributed by atoms with Gasteiger partial charge in [-0.3, -0.25) is 0 Å². The third kappa shape index (κ3) is 5.79. The van der Waals surface area contributed by atoms with Crippen LogP contribution >= 0.6 is 11.6 Å². The second-order valence-electron chi connectivity index (χ2n) is 5.06. The van der Waals surface area contributed by atoms with Gasteiger partial charge in [-0.05, 0) is 37.3 Å². The second kappa shape index (κ2) is 8.02. The van der Waals surface area contributed by atoms with Crippen molar-refractivity contribution >= 4 is 29.1 Å². The molecule has 1 aromatic heterocycles. The third-order valence-corrected chi connectivity index (χ3v) is 3.37. The maximum Gasteiger partial charge on any atom is 0.417 e. The van der Waals surface area contributed by atoms with E-state index in [-0.39, 0.29) is 12.2 Å². The van der Waals surface area contributed by atoms with Gasteiger partial charge >= 0.3 is 12.2 Å². The van der Waals surface area contributed by atoms with Gasteiger partial charge in [-0.2, -0.15) is 18.3 Å². The molecule has 2 rings (SSSR count). The van der Waals surface area contributed by atoms with Crippen molar-refractivity contribution in [2.24, 2.45) is 0 Å². The number of carbonyl (C=O) groups excluding carboxylic acids is 1. The highest BCUT2D eigenvalue weighted by molar-refractivity contribution is 6.31. The van der Waals surface area contributed by atoms with E-state index in [1.807, 2.05) is 6.92 Å². The molecule has 0 aliphatic rings. The summed E-state index contributed by atoms with van der Waals surface area (Å²) in [4.78, 5) is 11.7. The van der Waals surface area contributed by atoms with E-state index in [1.165, 1.54) is 6.07 Å². The smallest absolute Gasteiger partial charge is 0.367 e. The number of nitrogens with one attached hydrogen (secondary N) is 3. The number of benzene rings is 1. The van der Waals surface area contributed by atoms with Crippen LogP contribution in [0, 0.1) is 6.92 Å². The van der Waals surface area contributed by atoms with Crippen molar-refractivity contribution in [3.8, 4) is 0 Å². The minimum atomic E-state index is -4.59. The summed E-state index contributed by atoms with van der Waals surface area (Å²) in [7, 11) is 0. The molecule has 2 amide bonds. The Morgan fingerprint density at radius 1 is 1.16 bits per heavy atom. The lowest BCUT2D eigenvalue weighted by Crippen LogP contribution is -2.32. The standard InChI is InChI=1S/C15H15ClF3N5O/c1-9-2-5-13(24-23-9)20-6-7-21-14(25)22-10-3-4-12(16)11(8-10)15(17,18)19/h2-5,8H,6-7H2,1H3,(H,20,24)(H2,21,22,25). The lowest BCUT2D eigenvalue weighted by molar-refractivity contribution is -0.137. The molecular formula is C15H15ClF3N5O. The Labute approximate surface area is 146 Å². The molecule has 1 aromatic carbocycles. The van der Waals surface area contributed by atoms with Gasteiger partial charge in [0.15, 0.2) is 0 Å². The van der Waals surface area contributed by atoms with E-state index in [1.54, 1.807) is 12.1 Å². The second-order valence-corrected chi connectivity index (χ2v) is 5.47. The minimum absolute atomic E-state index is 0.00779. The molecule has 134 valence electrons. The summed E-state index contributed by atoms with van der Waals surface area (Å²) >= 11 is 5.52. The maximum atomic E-state index is 12.8. The molecule has 0 spiro atoms. The first-order chi connectivity index (χ1) is 11.8. The molecule has 0 saturated heterocycles. The Balaban J connectivity index is 1.81. The van der Waals surface area contributed by atoms with E-state index in [0.29, 0.717) is 12.4 Å². The molecule has 0 radical (unpaired) electrons. The van der Waals surface area contributed by atoms with E-state index >= 15 is 0 Å². The number of nitrogens with zero attached hydrogens (tertiary/aromatic N) is 2. The van der Waals surface area contributed by atoms with Gasteiger partial charge in [0.2, 0.25) is 0 Å². The molecule has 0 fully saturated rings. The van der Waals surface area contributed by atoms with Crippen molar-refractivity contribution in [3.63, 3.8) is 0 Å². The number of hydrogen-bond donors (Lipinski definition) is 3. The highest BCUT2D eigenvalue weighted by atomic mass is 35.5. The first kappa shape index (κ1) is 18.8. The number of carbonyl (C=O) groups is 1. The van der Waals surface area contributed by atoms with Gasteiger partial charge in [0, 0.05) is 18.8 Å². The molecule has 0 aliphatic carbocycles. The van der Waals surface area contributed by atoms with E-state index < -0.39 is 22.8 Å². The highest BCUT2D eigenvalue weighted by Gasteiger charge is 2.33. The lowest BCUT2D eigenvalue weighted by atomic mass is 10.2. The zero-order valence-corrected chi connectivity index (χ0v) is 13.9. The van der Waals surface area contributed by atoms with E-state index in [9.17, 15) is 18.0 Å². The van der Waals surface area contributed by atoms with Crippen LogP contribution in [-0.4, -0.2) is 29.3 Å². The molecule has 2 aromatic rings. The van der Waals surface area contributed by atoms with Crippen LogP contribution in [0.25, 0.3) is 0 Å². The Bertz CT molecular complexity index is 737. The number of aromatic nitrogens is 2. The first-order valence-electron chi connectivity index (χ1n) is 7.21. The fourth-order valence-electron chi connectivity index (χ4n) is 1.86. The van der Waals surface area contributed by atoms with Gasteiger partial charge in [-0.25, -0.2) is 4.79 Å². The molecule has 10 heteroatoms. The SMILES string of the molecule is Cc1ccc(NCCNC(=O)Nc2ccc(Cl)c(C(F)(F)F)c2)nn1. The van der Waals surface area contributed by atoms with Gasteiger partial charge in [0.1, 0.15) is 5.82 Å². The van der Waals surface area contributed by atoms with Crippen LogP contribution < -0.4 is 16.0 Å². The molecule has 0 unspecified atom stereocenters. The van der Waals surface area contributed by atoms with Gasteiger partial charge < -0.3 is 16.0 Å². The number of alkyl halides is 3. The average Bonchev–Trinajstić information content (AvgIpc) is 2.54. The van der Waals surface area contributed by atoms with E-state index in [2.05, 4.69) is 26.1 Å². The molecule has 0 atom stereocenters. The Kier molecular flexibility index (Phi) is 6.02. The van der Waals surface area contributed by atoms with Crippen LogP contribution in [0.3, 0.4) is 0 Å². The van der Waals surface area contributed by atoms with E-state index in [0.717, 1.165) is 17.8 Å². The van der Waals surface area contributed by atoms with Gasteiger partial charge in [0.25, 0.3) is 0 Å². The summed E-state index contributed by atoms with van der Waals surface area (Å²) in [6.07, 6.45) is -4.59. The number of rotatable bonds is 5. The molecule has 25 heavy (non-hydrogen) atoms. The Morgan fingerprint density at radius 3 is 2.56 bits per heavy atom. The summed E-state index contributed by atoms with van der Waals surface area (Å²) < 4.78 is 38.3. The number of aryl methyl sites for hydroxylation is 1. The maximum absolute atomic E-state index is 12.8. The predicted molar refractivity (Wildman–Crippen MR) is 88.7 cm³/mol. The lowest BCUT2D eigenvalue weighted by Gasteiger charge is -2.12. The Morgan fingerprint density at radius 2 is 1.92 bits per heavy atom. The van der Waals surface area contributed by atoms with Crippen molar-refractivity contribution < 1.29 is 18.0 Å². The summed E-state index contributed by atoms with van der Waals surface area (Å²) in [6.45, 7) is 2.42.